The molecule has 0 bridgehead atoms. The number of ether oxygens (including phenoxy) is 1. The van der Waals surface area contributed by atoms with Crippen LogP contribution >= 0.6 is 0 Å². The number of amides is 2. The number of rotatable bonds is 6. The summed E-state index contributed by atoms with van der Waals surface area (Å²) in [5.74, 6) is 0.276. The monoisotopic (exact) mass is 443 g/mol. The minimum Gasteiger partial charge on any atom is -0.494 e. The molecule has 0 spiro atoms. The Balaban J connectivity index is 1.51. The van der Waals surface area contributed by atoms with E-state index >= 15 is 0 Å². The van der Waals surface area contributed by atoms with Crippen LogP contribution in [0.2, 0.25) is 0 Å². The molecule has 2 heterocycles. The maximum Gasteiger partial charge on any atom is 0.243 e. The summed E-state index contributed by atoms with van der Waals surface area (Å²) in [6.45, 7) is 2.73. The van der Waals surface area contributed by atoms with E-state index in [0.717, 1.165) is 5.56 Å². The van der Waals surface area contributed by atoms with Crippen LogP contribution in [0, 0.1) is 0 Å². The fourth-order valence-corrected chi connectivity index (χ4v) is 5.68. The quantitative estimate of drug-likeness (QED) is 0.714. The fourth-order valence-electron chi connectivity index (χ4n) is 3.97. The number of nitrogens with zero attached hydrogens (tertiary/aromatic N) is 1. The van der Waals surface area contributed by atoms with Gasteiger partial charge in [0.1, 0.15) is 11.8 Å². The fraction of sp³-hybridized carbons (Fsp3) is 0.364. The second kappa shape index (κ2) is 8.68. The van der Waals surface area contributed by atoms with Crippen LogP contribution in [-0.2, 0) is 26.0 Å². The zero-order chi connectivity index (χ0) is 22.0. The molecule has 1 atom stereocenters. The van der Waals surface area contributed by atoms with Gasteiger partial charge in [0.05, 0.1) is 11.5 Å². The lowest BCUT2D eigenvalue weighted by Crippen LogP contribution is -2.43. The Morgan fingerprint density at radius 2 is 1.97 bits per heavy atom. The van der Waals surface area contributed by atoms with E-state index in [1.165, 1.54) is 10.4 Å². The molecule has 31 heavy (non-hydrogen) atoms. The summed E-state index contributed by atoms with van der Waals surface area (Å²) in [4.78, 5) is 24.6. The van der Waals surface area contributed by atoms with Crippen LogP contribution in [0.25, 0.3) is 0 Å². The number of benzene rings is 2. The van der Waals surface area contributed by atoms with E-state index in [0.29, 0.717) is 49.4 Å². The van der Waals surface area contributed by atoms with Crippen molar-refractivity contribution in [1.82, 2.24) is 4.31 Å². The average Bonchev–Trinajstić information content (AvgIpc) is 3.26. The van der Waals surface area contributed by atoms with Gasteiger partial charge in [-0.05, 0) is 74.2 Å². The smallest absolute Gasteiger partial charge is 0.243 e. The average molecular weight is 444 g/mol. The molecule has 0 saturated carbocycles. The van der Waals surface area contributed by atoms with Gasteiger partial charge in [-0.15, -0.1) is 0 Å². The molecule has 0 radical (unpaired) electrons. The largest absolute Gasteiger partial charge is 0.494 e. The molecule has 2 amide bonds. The lowest BCUT2D eigenvalue weighted by Gasteiger charge is -2.24. The number of hydrogen-bond acceptors (Lipinski definition) is 5. The van der Waals surface area contributed by atoms with E-state index in [1.807, 2.05) is 6.92 Å². The molecular weight excluding hydrogens is 418 g/mol. The van der Waals surface area contributed by atoms with Crippen molar-refractivity contribution in [2.24, 2.45) is 0 Å². The van der Waals surface area contributed by atoms with Crippen LogP contribution in [0.3, 0.4) is 0 Å². The van der Waals surface area contributed by atoms with Gasteiger partial charge in [0.2, 0.25) is 21.8 Å². The van der Waals surface area contributed by atoms with Crippen molar-refractivity contribution in [3.63, 3.8) is 0 Å². The summed E-state index contributed by atoms with van der Waals surface area (Å²) in [5.41, 5.74) is 2.01. The predicted octanol–water partition coefficient (Wildman–Crippen LogP) is 2.76. The zero-order valence-electron chi connectivity index (χ0n) is 17.3. The molecule has 1 fully saturated rings. The van der Waals surface area contributed by atoms with Crippen molar-refractivity contribution in [1.29, 1.82) is 0 Å². The number of aryl methyl sites for hydroxylation is 1. The molecule has 9 heteroatoms. The highest BCUT2D eigenvalue weighted by Gasteiger charge is 2.39. The Hall–Kier alpha value is -2.91. The lowest BCUT2D eigenvalue weighted by molar-refractivity contribution is -0.119. The number of sulfonamides is 1. The van der Waals surface area contributed by atoms with Crippen molar-refractivity contribution < 1.29 is 22.7 Å². The molecule has 1 saturated heterocycles. The zero-order valence-corrected chi connectivity index (χ0v) is 18.1. The molecule has 2 aliphatic rings. The molecule has 8 nitrogen and oxygen atoms in total. The van der Waals surface area contributed by atoms with E-state index in [4.69, 9.17) is 4.74 Å². The SMILES string of the molecule is CCOc1ccc(NC(=O)C2CCCN2S(=O)(=O)c2ccc3c(c2)CCC(=O)N3)cc1. The molecular formula is C22H25N3O5S. The predicted molar refractivity (Wildman–Crippen MR) is 117 cm³/mol. The first-order chi connectivity index (χ1) is 14.9. The van der Waals surface area contributed by atoms with Crippen molar-refractivity contribution in [2.45, 2.75) is 43.5 Å². The van der Waals surface area contributed by atoms with E-state index in [-0.39, 0.29) is 23.3 Å². The van der Waals surface area contributed by atoms with Gasteiger partial charge in [-0.25, -0.2) is 8.42 Å². The third-order valence-corrected chi connectivity index (χ3v) is 7.42. The molecule has 2 aromatic rings. The first-order valence-electron chi connectivity index (χ1n) is 10.4. The molecule has 2 N–H and O–H groups in total. The Morgan fingerprint density at radius 3 is 2.71 bits per heavy atom. The molecule has 1 unspecified atom stereocenters. The summed E-state index contributed by atoms with van der Waals surface area (Å²) in [6.07, 6.45) is 1.89. The minimum atomic E-state index is -3.85. The minimum absolute atomic E-state index is 0.0753. The third kappa shape index (κ3) is 4.42. The van der Waals surface area contributed by atoms with Gasteiger partial charge < -0.3 is 15.4 Å². The maximum atomic E-state index is 13.3. The normalized spacial score (nSPS) is 18.9. The highest BCUT2D eigenvalue weighted by Crippen LogP contribution is 2.31. The Labute approximate surface area is 181 Å². The van der Waals surface area contributed by atoms with Crippen LogP contribution in [-0.4, -0.2) is 43.7 Å². The van der Waals surface area contributed by atoms with Crippen LogP contribution < -0.4 is 15.4 Å². The first kappa shape index (κ1) is 21.3. The molecule has 164 valence electrons. The van der Waals surface area contributed by atoms with E-state index in [1.54, 1.807) is 36.4 Å². The van der Waals surface area contributed by atoms with E-state index < -0.39 is 16.1 Å². The van der Waals surface area contributed by atoms with Crippen LogP contribution in [0.5, 0.6) is 5.75 Å². The first-order valence-corrected chi connectivity index (χ1v) is 11.8. The molecule has 0 aromatic heterocycles. The summed E-state index contributed by atoms with van der Waals surface area (Å²) >= 11 is 0. The summed E-state index contributed by atoms with van der Waals surface area (Å²) < 4.78 is 33.3. The van der Waals surface area contributed by atoms with Gasteiger partial charge in [-0.1, -0.05) is 0 Å². The number of nitrogens with one attached hydrogen (secondary N) is 2. The van der Waals surface area contributed by atoms with E-state index in [2.05, 4.69) is 10.6 Å². The summed E-state index contributed by atoms with van der Waals surface area (Å²) in [5, 5.41) is 5.57. The van der Waals surface area contributed by atoms with Gasteiger partial charge in [0.15, 0.2) is 0 Å². The van der Waals surface area contributed by atoms with Crippen molar-refractivity contribution in [3.05, 3.63) is 48.0 Å². The third-order valence-electron chi connectivity index (χ3n) is 5.52. The molecule has 2 aromatic carbocycles. The Morgan fingerprint density at radius 1 is 1.19 bits per heavy atom. The lowest BCUT2D eigenvalue weighted by atomic mass is 10.0. The van der Waals surface area contributed by atoms with Crippen LogP contribution in [0.15, 0.2) is 47.4 Å². The van der Waals surface area contributed by atoms with Gasteiger partial charge in [-0.3, -0.25) is 9.59 Å². The van der Waals surface area contributed by atoms with Gasteiger partial charge in [0, 0.05) is 24.3 Å². The number of fused-ring (bicyclic) bond motifs is 1. The van der Waals surface area contributed by atoms with E-state index in [9.17, 15) is 18.0 Å². The molecule has 0 aliphatic carbocycles. The van der Waals surface area contributed by atoms with Crippen molar-refractivity contribution in [3.8, 4) is 5.75 Å². The van der Waals surface area contributed by atoms with Gasteiger partial charge in [0.25, 0.3) is 0 Å². The maximum absolute atomic E-state index is 13.3. The Kier molecular flexibility index (Phi) is 5.97. The second-order valence-electron chi connectivity index (χ2n) is 7.59. The molecule has 4 rings (SSSR count). The number of anilines is 2. The number of hydrogen-bond donors (Lipinski definition) is 2. The van der Waals surface area contributed by atoms with Gasteiger partial charge in [-0.2, -0.15) is 4.31 Å². The number of carbonyl (C=O) groups is 2. The molecule has 2 aliphatic heterocycles. The topological polar surface area (TPSA) is 105 Å². The highest BCUT2D eigenvalue weighted by molar-refractivity contribution is 7.89. The summed E-state index contributed by atoms with van der Waals surface area (Å²) in [6, 6.07) is 10.9. The summed E-state index contributed by atoms with van der Waals surface area (Å²) in [7, 11) is -3.85. The van der Waals surface area contributed by atoms with Crippen LogP contribution in [0.1, 0.15) is 31.7 Å². The standard InChI is InChI=1S/C22H25N3O5S/c1-2-30-17-8-6-16(7-9-17)23-22(27)20-4-3-13-25(20)31(28,29)18-10-11-19-15(14-18)5-12-21(26)24-19/h6-11,14,20H,2-5,12-13H2,1H3,(H,23,27)(H,24,26). The van der Waals surface area contributed by atoms with Crippen LogP contribution in [0.4, 0.5) is 11.4 Å². The van der Waals surface area contributed by atoms with Crippen molar-refractivity contribution >= 4 is 33.2 Å². The number of carbonyl (C=O) groups excluding carboxylic acids is 2. The van der Waals surface area contributed by atoms with Gasteiger partial charge >= 0.3 is 0 Å². The Bertz CT molecular complexity index is 1100. The van der Waals surface area contributed by atoms with Crippen molar-refractivity contribution in [2.75, 3.05) is 23.8 Å². The highest BCUT2D eigenvalue weighted by atomic mass is 32.2. The second-order valence-corrected chi connectivity index (χ2v) is 9.48.